The highest BCUT2D eigenvalue weighted by atomic mass is 16.3. The second kappa shape index (κ2) is 3.35. The summed E-state index contributed by atoms with van der Waals surface area (Å²) in [6, 6.07) is 0. The van der Waals surface area contributed by atoms with Crippen LogP contribution in [0, 0.1) is 17.8 Å². The zero-order valence-electron chi connectivity index (χ0n) is 8.82. The summed E-state index contributed by atoms with van der Waals surface area (Å²) >= 11 is 0. The molecule has 2 N–H and O–H groups in total. The monoisotopic (exact) mass is 196 g/mol. The van der Waals surface area contributed by atoms with Gasteiger partial charge in [-0.3, -0.25) is 0 Å². The highest BCUT2D eigenvalue weighted by Crippen LogP contribution is 2.51. The highest BCUT2D eigenvalue weighted by molar-refractivity contribution is 5.09. The molecule has 2 nitrogen and oxygen atoms in total. The van der Waals surface area contributed by atoms with E-state index >= 15 is 0 Å². The number of aliphatic hydroxyl groups is 2. The molecular formula is C12H20O2. The quantitative estimate of drug-likeness (QED) is 0.627. The summed E-state index contributed by atoms with van der Waals surface area (Å²) in [5.41, 5.74) is -0.569. The zero-order chi connectivity index (χ0) is 10.3. The molecular weight excluding hydrogens is 176 g/mol. The van der Waals surface area contributed by atoms with Gasteiger partial charge in [0.05, 0.1) is 11.7 Å². The number of hydrogen-bond donors (Lipinski definition) is 2. The molecule has 2 aliphatic rings. The second-order valence-corrected chi connectivity index (χ2v) is 4.98. The molecule has 5 atom stereocenters. The van der Waals surface area contributed by atoms with Gasteiger partial charge < -0.3 is 10.2 Å². The molecule has 0 aromatic heterocycles. The van der Waals surface area contributed by atoms with Gasteiger partial charge in [-0.05, 0) is 37.5 Å². The van der Waals surface area contributed by atoms with Crippen molar-refractivity contribution in [2.24, 2.45) is 17.8 Å². The molecule has 2 fully saturated rings. The molecule has 0 bridgehead atoms. The van der Waals surface area contributed by atoms with Gasteiger partial charge in [-0.2, -0.15) is 0 Å². The van der Waals surface area contributed by atoms with Gasteiger partial charge in [0.2, 0.25) is 0 Å². The maximum Gasteiger partial charge on any atom is 0.0742 e. The third kappa shape index (κ3) is 1.24. The zero-order valence-corrected chi connectivity index (χ0v) is 8.82. The van der Waals surface area contributed by atoms with E-state index in [4.69, 9.17) is 0 Å². The van der Waals surface area contributed by atoms with Crippen LogP contribution in [0.4, 0.5) is 0 Å². The maximum absolute atomic E-state index is 10.6. The lowest BCUT2D eigenvalue weighted by atomic mass is 9.67. The van der Waals surface area contributed by atoms with Crippen molar-refractivity contribution in [3.63, 3.8) is 0 Å². The predicted molar refractivity (Wildman–Crippen MR) is 55.8 cm³/mol. The molecule has 2 saturated carbocycles. The van der Waals surface area contributed by atoms with Gasteiger partial charge in [0, 0.05) is 5.92 Å². The summed E-state index contributed by atoms with van der Waals surface area (Å²) in [5.74, 6) is 0.746. The van der Waals surface area contributed by atoms with Crippen LogP contribution in [0.15, 0.2) is 12.7 Å². The fourth-order valence-corrected chi connectivity index (χ4v) is 3.45. The Morgan fingerprint density at radius 1 is 1.36 bits per heavy atom. The summed E-state index contributed by atoms with van der Waals surface area (Å²) in [6.45, 7) is 5.86. The van der Waals surface area contributed by atoms with Crippen molar-refractivity contribution in [1.82, 2.24) is 0 Å². The lowest BCUT2D eigenvalue weighted by molar-refractivity contribution is -0.108. The van der Waals surface area contributed by atoms with Crippen LogP contribution >= 0.6 is 0 Å². The van der Waals surface area contributed by atoms with E-state index in [1.54, 1.807) is 0 Å². The van der Waals surface area contributed by atoms with Crippen molar-refractivity contribution in [2.75, 3.05) is 0 Å². The summed E-state index contributed by atoms with van der Waals surface area (Å²) in [5, 5.41) is 20.3. The van der Waals surface area contributed by atoms with E-state index in [2.05, 4.69) is 13.5 Å². The van der Waals surface area contributed by atoms with Crippen molar-refractivity contribution in [2.45, 2.75) is 44.3 Å². The van der Waals surface area contributed by atoms with E-state index in [-0.39, 0.29) is 23.9 Å². The van der Waals surface area contributed by atoms with Gasteiger partial charge in [-0.25, -0.2) is 0 Å². The molecule has 0 radical (unpaired) electrons. The Bertz CT molecular complexity index is 238. The molecule has 0 aromatic carbocycles. The SMILES string of the molecule is C=CC1CCC2C(C)C(O)CCC12O. The topological polar surface area (TPSA) is 40.5 Å². The minimum atomic E-state index is -0.569. The van der Waals surface area contributed by atoms with Gasteiger partial charge in [-0.1, -0.05) is 13.0 Å². The van der Waals surface area contributed by atoms with Crippen LogP contribution in [0.5, 0.6) is 0 Å². The predicted octanol–water partition coefficient (Wildman–Crippen LogP) is 1.72. The van der Waals surface area contributed by atoms with Gasteiger partial charge in [0.1, 0.15) is 0 Å². The number of fused-ring (bicyclic) bond motifs is 1. The second-order valence-electron chi connectivity index (χ2n) is 4.98. The number of rotatable bonds is 1. The molecule has 0 spiro atoms. The van der Waals surface area contributed by atoms with Crippen molar-refractivity contribution in [3.8, 4) is 0 Å². The molecule has 0 aliphatic heterocycles. The van der Waals surface area contributed by atoms with E-state index in [0.717, 1.165) is 25.7 Å². The van der Waals surface area contributed by atoms with Crippen LogP contribution in [-0.2, 0) is 0 Å². The molecule has 2 rings (SSSR count). The normalized spacial score (nSPS) is 52.8. The maximum atomic E-state index is 10.6. The van der Waals surface area contributed by atoms with E-state index in [1.165, 1.54) is 0 Å². The number of hydrogen-bond acceptors (Lipinski definition) is 2. The van der Waals surface area contributed by atoms with Crippen LogP contribution in [0.2, 0.25) is 0 Å². The van der Waals surface area contributed by atoms with Crippen molar-refractivity contribution < 1.29 is 10.2 Å². The minimum absolute atomic E-state index is 0.219. The third-order valence-corrected chi connectivity index (χ3v) is 4.44. The van der Waals surface area contributed by atoms with Crippen LogP contribution < -0.4 is 0 Å². The lowest BCUT2D eigenvalue weighted by Gasteiger charge is -2.44. The smallest absolute Gasteiger partial charge is 0.0742 e. The highest BCUT2D eigenvalue weighted by Gasteiger charge is 2.53. The number of aliphatic hydroxyl groups excluding tert-OH is 1. The minimum Gasteiger partial charge on any atom is -0.393 e. The summed E-state index contributed by atoms with van der Waals surface area (Å²) in [4.78, 5) is 0. The molecule has 80 valence electrons. The fourth-order valence-electron chi connectivity index (χ4n) is 3.45. The van der Waals surface area contributed by atoms with Gasteiger partial charge in [0.15, 0.2) is 0 Å². The molecule has 0 aromatic rings. The van der Waals surface area contributed by atoms with Gasteiger partial charge in [0.25, 0.3) is 0 Å². The Hall–Kier alpha value is -0.340. The third-order valence-electron chi connectivity index (χ3n) is 4.44. The Morgan fingerprint density at radius 3 is 2.71 bits per heavy atom. The molecule has 2 aliphatic carbocycles. The first-order valence-corrected chi connectivity index (χ1v) is 5.62. The lowest BCUT2D eigenvalue weighted by Crippen LogP contribution is -2.49. The average Bonchev–Trinajstić information content (AvgIpc) is 2.50. The summed E-state index contributed by atoms with van der Waals surface area (Å²) < 4.78 is 0. The van der Waals surface area contributed by atoms with Crippen molar-refractivity contribution in [1.29, 1.82) is 0 Å². The first-order valence-electron chi connectivity index (χ1n) is 5.62. The average molecular weight is 196 g/mol. The van der Waals surface area contributed by atoms with Gasteiger partial charge >= 0.3 is 0 Å². The van der Waals surface area contributed by atoms with E-state index in [9.17, 15) is 10.2 Å². The Morgan fingerprint density at radius 2 is 2.07 bits per heavy atom. The Kier molecular flexibility index (Phi) is 2.44. The van der Waals surface area contributed by atoms with E-state index in [1.807, 2.05) is 6.08 Å². The van der Waals surface area contributed by atoms with Crippen LogP contribution in [0.3, 0.4) is 0 Å². The molecule has 5 unspecified atom stereocenters. The van der Waals surface area contributed by atoms with Crippen molar-refractivity contribution >= 4 is 0 Å². The largest absolute Gasteiger partial charge is 0.393 e. The first kappa shape index (κ1) is 10.2. The molecule has 2 heteroatoms. The van der Waals surface area contributed by atoms with Crippen LogP contribution in [-0.4, -0.2) is 21.9 Å². The van der Waals surface area contributed by atoms with E-state index < -0.39 is 5.60 Å². The molecule has 0 saturated heterocycles. The summed E-state index contributed by atoms with van der Waals surface area (Å²) in [6.07, 6.45) is 5.21. The molecule has 0 amide bonds. The standard InChI is InChI=1S/C12H20O2/c1-3-9-4-5-10-8(2)11(13)6-7-12(9,10)14/h3,8-11,13-14H,1,4-7H2,2H3. The van der Waals surface area contributed by atoms with E-state index in [0.29, 0.717) is 0 Å². The Balaban J connectivity index is 2.23. The summed E-state index contributed by atoms with van der Waals surface area (Å²) in [7, 11) is 0. The van der Waals surface area contributed by atoms with Crippen LogP contribution in [0.25, 0.3) is 0 Å². The van der Waals surface area contributed by atoms with Crippen LogP contribution in [0.1, 0.15) is 32.6 Å². The van der Waals surface area contributed by atoms with Crippen molar-refractivity contribution in [3.05, 3.63) is 12.7 Å². The molecule has 14 heavy (non-hydrogen) atoms. The Labute approximate surface area is 85.6 Å². The first-order chi connectivity index (χ1) is 6.59. The van der Waals surface area contributed by atoms with Gasteiger partial charge in [-0.15, -0.1) is 6.58 Å². The fraction of sp³-hybridized carbons (Fsp3) is 0.833. The molecule has 0 heterocycles.